The summed E-state index contributed by atoms with van der Waals surface area (Å²) in [5, 5.41) is 0. The Morgan fingerprint density at radius 1 is 0.854 bits per heavy atom. The topological polar surface area (TPSA) is 82.9 Å². The number of esters is 1. The summed E-state index contributed by atoms with van der Waals surface area (Å²) in [5.74, 6) is 0.851. The van der Waals surface area contributed by atoms with E-state index in [0.717, 1.165) is 39.3 Å². The third-order valence-electron chi connectivity index (χ3n) is 6.88. The number of rotatable bonds is 11. The number of methoxy groups -OCH3 is 3. The average Bonchev–Trinajstić information content (AvgIpc) is 2.97. The molecule has 0 saturated heterocycles. The predicted molar refractivity (Wildman–Crippen MR) is 156 cm³/mol. The molecule has 1 aromatic heterocycles. The fraction of sp³-hybridized carbons (Fsp3) is 0.281. The van der Waals surface area contributed by atoms with Crippen molar-refractivity contribution >= 4 is 11.8 Å². The zero-order valence-electron chi connectivity index (χ0n) is 23.9. The summed E-state index contributed by atoms with van der Waals surface area (Å²) in [4.78, 5) is 33.7. The molecule has 0 fully saturated rings. The first kappa shape index (κ1) is 29.3. The normalized spacial score (nSPS) is 10.8. The number of hydrogen-bond donors (Lipinski definition) is 0. The van der Waals surface area contributed by atoms with Gasteiger partial charge in [0, 0.05) is 19.5 Å². The van der Waals surface area contributed by atoms with Gasteiger partial charge >= 0.3 is 5.97 Å². The van der Waals surface area contributed by atoms with Crippen molar-refractivity contribution in [2.45, 2.75) is 33.4 Å². The Hall–Kier alpha value is -4.66. The lowest BCUT2D eigenvalue weighted by molar-refractivity contribution is 0.0598. The zero-order valence-corrected chi connectivity index (χ0v) is 23.9. The molecule has 0 bridgehead atoms. The number of anilines is 1. The molecule has 1 heterocycles. The third-order valence-corrected chi connectivity index (χ3v) is 6.88. The minimum atomic E-state index is -0.786. The smallest absolute Gasteiger partial charge is 0.347 e. The summed E-state index contributed by atoms with van der Waals surface area (Å²) in [6.45, 7) is 3.93. The van der Waals surface area contributed by atoms with Crippen LogP contribution in [0, 0.1) is 13.8 Å². The lowest BCUT2D eigenvalue weighted by atomic mass is 10.0. The number of carbonyl (C=O) groups excluding carboxylic acids is 1. The van der Waals surface area contributed by atoms with Crippen LogP contribution < -0.4 is 19.9 Å². The maximum atomic E-state index is 14.0. The van der Waals surface area contributed by atoms with E-state index in [-0.39, 0.29) is 17.8 Å². The van der Waals surface area contributed by atoms with E-state index in [4.69, 9.17) is 14.2 Å². The van der Waals surface area contributed by atoms with Crippen molar-refractivity contribution < 1.29 is 23.4 Å². The molecule has 4 rings (SSSR count). The van der Waals surface area contributed by atoms with E-state index >= 15 is 0 Å². The van der Waals surface area contributed by atoms with Crippen molar-refractivity contribution in [1.29, 1.82) is 0 Å². The Bertz CT molecular complexity index is 1490. The van der Waals surface area contributed by atoms with Gasteiger partial charge in [-0.2, -0.15) is 0 Å². The zero-order chi connectivity index (χ0) is 29.5. The van der Waals surface area contributed by atoms with Crippen LogP contribution in [-0.4, -0.2) is 43.5 Å². The van der Waals surface area contributed by atoms with Gasteiger partial charge < -0.3 is 19.1 Å². The standard InChI is InChI=1S/C32H34FN3O5/c1-21-16-25(14-15-33)17-22(2)29(21)36-20-34-30(28(31(36)37)32(38)41-5)35(18-23-6-10-26(39-3)11-7-23)19-24-8-12-27(40-4)13-9-24/h6-13,16-17,20H,14-15,18-19H2,1-5H3. The number of hydrogen-bond acceptors (Lipinski definition) is 7. The van der Waals surface area contributed by atoms with Crippen LogP contribution >= 0.6 is 0 Å². The number of aromatic nitrogens is 2. The maximum Gasteiger partial charge on any atom is 0.347 e. The highest BCUT2D eigenvalue weighted by Crippen LogP contribution is 2.26. The van der Waals surface area contributed by atoms with Crippen LogP contribution in [0.4, 0.5) is 10.2 Å². The molecular weight excluding hydrogens is 525 g/mol. The predicted octanol–water partition coefficient (Wildman–Crippen LogP) is 5.37. The van der Waals surface area contributed by atoms with Gasteiger partial charge in [-0.1, -0.05) is 36.4 Å². The highest BCUT2D eigenvalue weighted by Gasteiger charge is 2.26. The molecule has 0 aliphatic rings. The summed E-state index contributed by atoms with van der Waals surface area (Å²) in [6.07, 6.45) is 1.72. The molecular formula is C32H34FN3O5. The fourth-order valence-electron chi connectivity index (χ4n) is 4.91. The van der Waals surface area contributed by atoms with Crippen molar-refractivity contribution in [3.63, 3.8) is 0 Å². The number of alkyl halides is 1. The van der Waals surface area contributed by atoms with Crippen LogP contribution in [0.25, 0.3) is 5.69 Å². The summed E-state index contributed by atoms with van der Waals surface area (Å²) >= 11 is 0. The van der Waals surface area contributed by atoms with Crippen LogP contribution in [-0.2, 0) is 24.2 Å². The second-order valence-corrected chi connectivity index (χ2v) is 9.68. The van der Waals surface area contributed by atoms with Crippen molar-refractivity contribution in [3.8, 4) is 17.2 Å². The van der Waals surface area contributed by atoms with E-state index in [2.05, 4.69) is 4.98 Å². The van der Waals surface area contributed by atoms with E-state index in [1.165, 1.54) is 18.0 Å². The number of ether oxygens (including phenoxy) is 3. The van der Waals surface area contributed by atoms with Crippen molar-refractivity contribution in [3.05, 3.63) is 111 Å². The largest absolute Gasteiger partial charge is 0.497 e. The quantitative estimate of drug-likeness (QED) is 0.229. The lowest BCUT2D eigenvalue weighted by Crippen LogP contribution is -2.33. The van der Waals surface area contributed by atoms with E-state index < -0.39 is 18.2 Å². The summed E-state index contributed by atoms with van der Waals surface area (Å²) < 4.78 is 30.0. The van der Waals surface area contributed by atoms with Crippen LogP contribution in [0.15, 0.2) is 71.8 Å². The van der Waals surface area contributed by atoms with Crippen molar-refractivity contribution in [2.75, 3.05) is 32.9 Å². The number of halogens is 1. The van der Waals surface area contributed by atoms with Gasteiger partial charge in [0.2, 0.25) is 0 Å². The molecule has 0 radical (unpaired) electrons. The minimum absolute atomic E-state index is 0.177. The average molecular weight is 560 g/mol. The van der Waals surface area contributed by atoms with Gasteiger partial charge in [0.25, 0.3) is 5.56 Å². The lowest BCUT2D eigenvalue weighted by Gasteiger charge is -2.26. The molecule has 3 aromatic carbocycles. The molecule has 0 saturated carbocycles. The minimum Gasteiger partial charge on any atom is -0.497 e. The summed E-state index contributed by atoms with van der Waals surface area (Å²) in [6, 6.07) is 18.8. The number of carbonyl (C=O) groups is 1. The molecule has 0 amide bonds. The first-order chi connectivity index (χ1) is 19.8. The fourth-order valence-corrected chi connectivity index (χ4v) is 4.91. The Kier molecular flexibility index (Phi) is 9.39. The third kappa shape index (κ3) is 6.57. The van der Waals surface area contributed by atoms with Gasteiger partial charge in [-0.3, -0.25) is 13.8 Å². The van der Waals surface area contributed by atoms with Crippen molar-refractivity contribution in [1.82, 2.24) is 9.55 Å². The second-order valence-electron chi connectivity index (χ2n) is 9.68. The summed E-state index contributed by atoms with van der Waals surface area (Å²) in [5.41, 5.74) is 4.10. The highest BCUT2D eigenvalue weighted by atomic mass is 19.1. The number of benzene rings is 3. The molecule has 0 atom stereocenters. The van der Waals surface area contributed by atoms with Crippen LogP contribution in [0.5, 0.6) is 11.5 Å². The molecule has 4 aromatic rings. The van der Waals surface area contributed by atoms with E-state index in [0.29, 0.717) is 18.8 Å². The van der Waals surface area contributed by atoms with E-state index in [1.54, 1.807) is 14.2 Å². The Labute approximate surface area is 238 Å². The van der Waals surface area contributed by atoms with Gasteiger partial charge in [0.05, 0.1) is 33.7 Å². The highest BCUT2D eigenvalue weighted by molar-refractivity contribution is 5.94. The van der Waals surface area contributed by atoms with Gasteiger partial charge in [-0.05, 0) is 65.9 Å². The van der Waals surface area contributed by atoms with Crippen LogP contribution in [0.2, 0.25) is 0 Å². The summed E-state index contributed by atoms with van der Waals surface area (Å²) in [7, 11) is 4.44. The number of aryl methyl sites for hydroxylation is 3. The van der Waals surface area contributed by atoms with Crippen LogP contribution in [0.3, 0.4) is 0 Å². The maximum absolute atomic E-state index is 14.0. The van der Waals surface area contributed by atoms with E-state index in [1.807, 2.05) is 79.4 Å². The molecule has 0 N–H and O–H groups in total. The Balaban J connectivity index is 1.85. The van der Waals surface area contributed by atoms with Crippen LogP contribution in [0.1, 0.15) is 38.2 Å². The van der Waals surface area contributed by atoms with E-state index in [9.17, 15) is 14.0 Å². The van der Waals surface area contributed by atoms with Gasteiger partial charge in [0.1, 0.15) is 17.8 Å². The molecule has 0 unspecified atom stereocenters. The molecule has 214 valence electrons. The molecule has 41 heavy (non-hydrogen) atoms. The molecule has 8 nitrogen and oxygen atoms in total. The molecule has 0 spiro atoms. The molecule has 0 aliphatic carbocycles. The van der Waals surface area contributed by atoms with Crippen molar-refractivity contribution in [2.24, 2.45) is 0 Å². The molecule has 9 heteroatoms. The first-order valence-corrected chi connectivity index (χ1v) is 13.2. The first-order valence-electron chi connectivity index (χ1n) is 13.2. The van der Waals surface area contributed by atoms with Gasteiger partial charge in [-0.15, -0.1) is 0 Å². The van der Waals surface area contributed by atoms with Gasteiger partial charge in [0.15, 0.2) is 11.4 Å². The second kappa shape index (κ2) is 13.1. The Morgan fingerprint density at radius 2 is 1.37 bits per heavy atom. The Morgan fingerprint density at radius 3 is 1.80 bits per heavy atom. The monoisotopic (exact) mass is 559 g/mol. The number of nitrogens with zero attached hydrogens (tertiary/aromatic N) is 3. The van der Waals surface area contributed by atoms with Gasteiger partial charge in [-0.25, -0.2) is 9.78 Å². The molecule has 0 aliphatic heterocycles. The SMILES string of the molecule is COC(=O)c1c(N(Cc2ccc(OC)cc2)Cc2ccc(OC)cc2)ncn(-c2c(C)cc(CCF)cc2C)c1=O.